The van der Waals surface area contributed by atoms with E-state index in [1.54, 1.807) is 24.1 Å². The minimum atomic E-state index is -0.116. The van der Waals surface area contributed by atoms with Gasteiger partial charge in [-0.3, -0.25) is 0 Å². The molecule has 2 aliphatic rings. The van der Waals surface area contributed by atoms with Crippen LogP contribution in [0.3, 0.4) is 0 Å². The zero-order valence-corrected chi connectivity index (χ0v) is 16.7. The predicted molar refractivity (Wildman–Crippen MR) is 113 cm³/mol. The fourth-order valence-corrected chi connectivity index (χ4v) is 4.07. The highest BCUT2D eigenvalue weighted by atomic mass is 16.5. The lowest BCUT2D eigenvalue weighted by atomic mass is 10.1. The van der Waals surface area contributed by atoms with Crippen molar-refractivity contribution in [3.63, 3.8) is 0 Å². The van der Waals surface area contributed by atoms with Gasteiger partial charge >= 0.3 is 6.03 Å². The van der Waals surface area contributed by atoms with Gasteiger partial charge in [0.15, 0.2) is 11.5 Å². The normalized spacial score (nSPS) is 19.4. The third-order valence-electron chi connectivity index (χ3n) is 5.70. The topological polar surface area (TPSA) is 103 Å². The molecule has 0 aromatic heterocycles. The van der Waals surface area contributed by atoms with Crippen molar-refractivity contribution in [2.45, 2.75) is 44.4 Å². The Bertz CT molecular complexity index is 896. The molecule has 4 rings (SSSR count). The summed E-state index contributed by atoms with van der Waals surface area (Å²) in [5.41, 5.74) is 14.9. The van der Waals surface area contributed by atoms with Gasteiger partial charge in [-0.05, 0) is 61.1 Å². The number of urea groups is 1. The van der Waals surface area contributed by atoms with E-state index in [1.165, 1.54) is 12.8 Å². The molecule has 7 nitrogen and oxygen atoms in total. The van der Waals surface area contributed by atoms with Gasteiger partial charge in [-0.2, -0.15) is 0 Å². The molecule has 0 spiro atoms. The molecule has 2 aromatic rings. The van der Waals surface area contributed by atoms with Gasteiger partial charge in [0.05, 0.1) is 19.3 Å². The summed E-state index contributed by atoms with van der Waals surface area (Å²) in [7, 11) is 1.65. The second-order valence-corrected chi connectivity index (χ2v) is 7.78. The highest BCUT2D eigenvalue weighted by Crippen LogP contribution is 2.35. The van der Waals surface area contributed by atoms with Crippen molar-refractivity contribution >= 4 is 17.4 Å². The van der Waals surface area contributed by atoms with Crippen LogP contribution in [-0.2, 0) is 6.54 Å². The van der Waals surface area contributed by atoms with E-state index in [9.17, 15) is 4.79 Å². The molecule has 1 saturated carbocycles. The number of hydrogen-bond donors (Lipinski definition) is 3. The molecule has 1 atom stereocenters. The number of rotatable bonds is 6. The SMILES string of the molecule is COc1ccc([C@H]2CN(Cc3ccc(N)cc3N)C(=O)N2)cc1OC1CCCC1. The number of nitrogens with one attached hydrogen (secondary N) is 1. The lowest BCUT2D eigenvalue weighted by Gasteiger charge is -2.19. The molecule has 154 valence electrons. The number of benzene rings is 2. The summed E-state index contributed by atoms with van der Waals surface area (Å²) in [4.78, 5) is 14.3. The first kappa shape index (κ1) is 19.2. The number of nitrogen functional groups attached to an aromatic ring is 2. The van der Waals surface area contributed by atoms with Crippen LogP contribution in [0.5, 0.6) is 11.5 Å². The monoisotopic (exact) mass is 396 g/mol. The summed E-state index contributed by atoms with van der Waals surface area (Å²) in [5.74, 6) is 1.46. The second kappa shape index (κ2) is 8.11. The van der Waals surface area contributed by atoms with E-state index in [0.717, 1.165) is 35.5 Å². The minimum Gasteiger partial charge on any atom is -0.493 e. The molecule has 5 N–H and O–H groups in total. The van der Waals surface area contributed by atoms with E-state index < -0.39 is 0 Å². The van der Waals surface area contributed by atoms with Gasteiger partial charge in [-0.1, -0.05) is 12.1 Å². The van der Waals surface area contributed by atoms with Gasteiger partial charge in [0.25, 0.3) is 0 Å². The molecular weight excluding hydrogens is 368 g/mol. The van der Waals surface area contributed by atoms with E-state index in [1.807, 2.05) is 24.3 Å². The maximum Gasteiger partial charge on any atom is 0.318 e. The number of anilines is 2. The molecule has 29 heavy (non-hydrogen) atoms. The van der Waals surface area contributed by atoms with E-state index in [0.29, 0.717) is 24.5 Å². The molecule has 2 fully saturated rings. The van der Waals surface area contributed by atoms with Crippen LogP contribution in [-0.4, -0.2) is 30.7 Å². The Hall–Kier alpha value is -3.09. The number of methoxy groups -OCH3 is 1. The quantitative estimate of drug-likeness (QED) is 0.649. The molecule has 1 heterocycles. The number of nitrogens with zero attached hydrogens (tertiary/aromatic N) is 1. The summed E-state index contributed by atoms with van der Waals surface area (Å²) < 4.78 is 11.7. The molecule has 2 aromatic carbocycles. The van der Waals surface area contributed by atoms with Gasteiger partial charge in [0, 0.05) is 24.5 Å². The van der Waals surface area contributed by atoms with Crippen LogP contribution < -0.4 is 26.3 Å². The summed E-state index contributed by atoms with van der Waals surface area (Å²) in [6.45, 7) is 0.994. The van der Waals surface area contributed by atoms with Crippen LogP contribution >= 0.6 is 0 Å². The van der Waals surface area contributed by atoms with Gasteiger partial charge in [0.2, 0.25) is 0 Å². The van der Waals surface area contributed by atoms with Crippen LogP contribution in [0.1, 0.15) is 42.9 Å². The lowest BCUT2D eigenvalue weighted by molar-refractivity contribution is 0.200. The van der Waals surface area contributed by atoms with Crippen molar-refractivity contribution in [3.05, 3.63) is 47.5 Å². The number of nitrogens with two attached hydrogens (primary N) is 2. The predicted octanol–water partition coefficient (Wildman–Crippen LogP) is 3.45. The molecule has 0 unspecified atom stereocenters. The first-order chi connectivity index (χ1) is 14.0. The third-order valence-corrected chi connectivity index (χ3v) is 5.70. The number of hydrogen-bond acceptors (Lipinski definition) is 5. The maximum atomic E-state index is 12.5. The number of amides is 2. The van der Waals surface area contributed by atoms with E-state index >= 15 is 0 Å². The van der Waals surface area contributed by atoms with Crippen molar-refractivity contribution in [1.82, 2.24) is 10.2 Å². The van der Waals surface area contributed by atoms with Crippen molar-refractivity contribution < 1.29 is 14.3 Å². The maximum absolute atomic E-state index is 12.5. The van der Waals surface area contributed by atoms with Gasteiger partial charge in [0.1, 0.15) is 0 Å². The number of carbonyl (C=O) groups excluding carboxylic acids is 1. The van der Waals surface area contributed by atoms with Crippen LogP contribution in [0.4, 0.5) is 16.2 Å². The van der Waals surface area contributed by atoms with Crippen molar-refractivity contribution in [3.8, 4) is 11.5 Å². The Morgan fingerprint density at radius 3 is 2.62 bits per heavy atom. The molecule has 1 saturated heterocycles. The molecule has 7 heteroatoms. The highest BCUT2D eigenvalue weighted by molar-refractivity contribution is 5.77. The molecule has 0 radical (unpaired) electrons. The largest absolute Gasteiger partial charge is 0.493 e. The number of carbonyl (C=O) groups is 1. The summed E-state index contributed by atoms with van der Waals surface area (Å²) in [5, 5.41) is 3.05. The molecule has 1 aliphatic heterocycles. The van der Waals surface area contributed by atoms with Crippen molar-refractivity contribution in [2.75, 3.05) is 25.1 Å². The Morgan fingerprint density at radius 2 is 1.90 bits per heavy atom. The molecule has 2 amide bonds. The first-order valence-corrected chi connectivity index (χ1v) is 10.1. The highest BCUT2D eigenvalue weighted by Gasteiger charge is 2.31. The van der Waals surface area contributed by atoms with Crippen molar-refractivity contribution in [1.29, 1.82) is 0 Å². The van der Waals surface area contributed by atoms with Gasteiger partial charge in [-0.15, -0.1) is 0 Å². The van der Waals surface area contributed by atoms with Crippen LogP contribution in [0.2, 0.25) is 0 Å². The average Bonchev–Trinajstić information content (AvgIpc) is 3.34. The van der Waals surface area contributed by atoms with Gasteiger partial charge < -0.3 is 31.2 Å². The Kier molecular flexibility index (Phi) is 5.38. The van der Waals surface area contributed by atoms with Gasteiger partial charge in [-0.25, -0.2) is 4.79 Å². The number of ether oxygens (including phenoxy) is 2. The Morgan fingerprint density at radius 1 is 1.10 bits per heavy atom. The van der Waals surface area contributed by atoms with E-state index in [2.05, 4.69) is 5.32 Å². The lowest BCUT2D eigenvalue weighted by Crippen LogP contribution is -2.28. The molecular formula is C22H28N4O3. The molecule has 0 bridgehead atoms. The summed E-state index contributed by atoms with van der Waals surface area (Å²) in [6.07, 6.45) is 4.79. The smallest absolute Gasteiger partial charge is 0.318 e. The van der Waals surface area contributed by atoms with Crippen molar-refractivity contribution in [2.24, 2.45) is 0 Å². The fraction of sp³-hybridized carbons (Fsp3) is 0.409. The van der Waals surface area contributed by atoms with Crippen LogP contribution in [0.15, 0.2) is 36.4 Å². The van der Waals surface area contributed by atoms with Crippen LogP contribution in [0, 0.1) is 0 Å². The minimum absolute atomic E-state index is 0.111. The fourth-order valence-electron chi connectivity index (χ4n) is 4.07. The Labute approximate surface area is 171 Å². The zero-order valence-electron chi connectivity index (χ0n) is 16.7. The van der Waals surface area contributed by atoms with E-state index in [-0.39, 0.29) is 18.2 Å². The molecule has 1 aliphatic carbocycles. The average molecular weight is 396 g/mol. The second-order valence-electron chi connectivity index (χ2n) is 7.78. The Balaban J connectivity index is 1.49. The summed E-state index contributed by atoms with van der Waals surface area (Å²) >= 11 is 0. The third kappa shape index (κ3) is 4.18. The zero-order chi connectivity index (χ0) is 20.4. The summed E-state index contributed by atoms with van der Waals surface area (Å²) in [6, 6.07) is 11.0. The first-order valence-electron chi connectivity index (χ1n) is 10.1. The van der Waals surface area contributed by atoms with E-state index in [4.69, 9.17) is 20.9 Å². The van der Waals surface area contributed by atoms with Crippen LogP contribution in [0.25, 0.3) is 0 Å². The standard InChI is InChI=1S/C22H28N4O3/c1-28-20-9-7-14(10-21(20)29-17-4-2-3-5-17)19-13-26(22(27)25-19)12-15-6-8-16(23)11-18(15)24/h6-11,17,19H,2-5,12-13,23-24H2,1H3,(H,25,27)/t19-/m1/s1.